The van der Waals surface area contributed by atoms with Crippen molar-refractivity contribution in [3.05, 3.63) is 59.9 Å². The van der Waals surface area contributed by atoms with Crippen LogP contribution < -0.4 is 27.3 Å². The van der Waals surface area contributed by atoms with Crippen LogP contribution in [0.1, 0.15) is 13.8 Å². The zero-order valence-electron chi connectivity index (χ0n) is 23.6. The quantitative estimate of drug-likeness (QED) is 0.199. The van der Waals surface area contributed by atoms with Crippen LogP contribution >= 0.6 is 0 Å². The molecule has 222 valence electrons. The number of methoxy groups -OCH3 is 3. The molecule has 0 aliphatic heterocycles. The van der Waals surface area contributed by atoms with E-state index in [0.29, 0.717) is 23.7 Å². The molecular formula is C28H31FO10S2. The fraction of sp³-hybridized carbons (Fsp3) is 0.286. The smallest absolute Gasteiger partial charge is 0.306 e. The largest absolute Gasteiger partial charge is 0.496 e. The van der Waals surface area contributed by atoms with Crippen molar-refractivity contribution in [2.24, 2.45) is 0 Å². The second-order valence-electron chi connectivity index (χ2n) is 9.04. The van der Waals surface area contributed by atoms with E-state index < -0.39 is 31.8 Å². The summed E-state index contributed by atoms with van der Waals surface area (Å²) in [5.74, 6) is -0.775. The van der Waals surface area contributed by atoms with Crippen LogP contribution in [-0.4, -0.2) is 57.3 Å². The van der Waals surface area contributed by atoms with Crippen LogP contribution in [0, 0.1) is 5.82 Å². The van der Waals surface area contributed by atoms with E-state index >= 15 is 0 Å². The van der Waals surface area contributed by atoms with Crippen molar-refractivity contribution in [3.8, 4) is 56.8 Å². The molecule has 0 fully saturated rings. The number of hydrogen-bond acceptors (Lipinski definition) is 10. The van der Waals surface area contributed by atoms with Crippen molar-refractivity contribution in [3.63, 3.8) is 0 Å². The molecule has 41 heavy (non-hydrogen) atoms. The first-order chi connectivity index (χ1) is 19.2. The summed E-state index contributed by atoms with van der Waals surface area (Å²) in [4.78, 5) is 0. The molecule has 0 unspecified atom stereocenters. The molecule has 0 bridgehead atoms. The molecule has 0 radical (unpaired) electrons. The Morgan fingerprint density at radius 2 is 1.34 bits per heavy atom. The normalized spacial score (nSPS) is 11.4. The van der Waals surface area contributed by atoms with Gasteiger partial charge in [-0.05, 0) is 61.4 Å². The molecule has 0 amide bonds. The summed E-state index contributed by atoms with van der Waals surface area (Å²) < 4.78 is 95.2. The summed E-state index contributed by atoms with van der Waals surface area (Å²) in [6, 6.07) is 10.00. The van der Waals surface area contributed by atoms with Crippen molar-refractivity contribution in [2.45, 2.75) is 13.8 Å². The van der Waals surface area contributed by atoms with Crippen LogP contribution in [0.15, 0.2) is 54.1 Å². The second kappa shape index (κ2) is 12.7. The fourth-order valence-electron chi connectivity index (χ4n) is 3.84. The van der Waals surface area contributed by atoms with Crippen LogP contribution in [0.3, 0.4) is 0 Å². The highest BCUT2D eigenvalue weighted by Crippen LogP contribution is 2.51. The Kier molecular flexibility index (Phi) is 9.77. The van der Waals surface area contributed by atoms with Crippen molar-refractivity contribution >= 4 is 20.2 Å². The van der Waals surface area contributed by atoms with Gasteiger partial charge >= 0.3 is 20.2 Å². The predicted molar refractivity (Wildman–Crippen MR) is 153 cm³/mol. The molecule has 0 spiro atoms. The minimum Gasteiger partial charge on any atom is -0.496 e. The highest BCUT2D eigenvalue weighted by atomic mass is 32.2. The first kappa shape index (κ1) is 31.6. The van der Waals surface area contributed by atoms with E-state index in [1.54, 1.807) is 18.2 Å². The van der Waals surface area contributed by atoms with Crippen molar-refractivity contribution in [2.75, 3.05) is 40.4 Å². The number of benzene rings is 3. The first-order valence-electron chi connectivity index (χ1n) is 12.0. The Labute approximate surface area is 239 Å². The Balaban J connectivity index is 2.27. The van der Waals surface area contributed by atoms with Gasteiger partial charge in [0.2, 0.25) is 0 Å². The molecule has 10 nitrogen and oxygen atoms in total. The van der Waals surface area contributed by atoms with Crippen molar-refractivity contribution < 1.29 is 48.5 Å². The summed E-state index contributed by atoms with van der Waals surface area (Å²) in [7, 11) is -3.95. The third-order valence-corrected chi connectivity index (χ3v) is 6.48. The number of allylic oxidation sites excluding steroid dienone is 1. The monoisotopic (exact) mass is 610 g/mol. The maximum absolute atomic E-state index is 14.8. The van der Waals surface area contributed by atoms with E-state index in [2.05, 4.69) is 4.18 Å². The molecule has 3 aromatic carbocycles. The summed E-state index contributed by atoms with van der Waals surface area (Å²) in [6.07, 6.45) is 3.56. The zero-order valence-corrected chi connectivity index (χ0v) is 25.2. The molecule has 3 aromatic rings. The lowest BCUT2D eigenvalue weighted by atomic mass is 9.96. The lowest BCUT2D eigenvalue weighted by Gasteiger charge is -2.21. The average Bonchev–Trinajstić information content (AvgIpc) is 2.87. The molecule has 0 saturated heterocycles. The Hall–Kier alpha value is -3.97. The Bertz CT molecular complexity index is 1680. The van der Waals surface area contributed by atoms with Gasteiger partial charge in [-0.1, -0.05) is 17.7 Å². The minimum atomic E-state index is -4.10. The van der Waals surface area contributed by atoms with Gasteiger partial charge in [0.15, 0.2) is 34.6 Å². The summed E-state index contributed by atoms with van der Waals surface area (Å²) in [6.45, 7) is 4.21. The van der Waals surface area contributed by atoms with Gasteiger partial charge in [0, 0.05) is 5.56 Å². The second-order valence-corrected chi connectivity index (χ2v) is 12.2. The number of hydrogen-bond donors (Lipinski definition) is 0. The summed E-state index contributed by atoms with van der Waals surface area (Å²) in [5, 5.41) is 0. The zero-order chi connectivity index (χ0) is 30.5. The highest BCUT2D eigenvalue weighted by Gasteiger charge is 2.27. The van der Waals surface area contributed by atoms with Gasteiger partial charge in [-0.15, -0.1) is 0 Å². The number of halogens is 1. The van der Waals surface area contributed by atoms with E-state index in [-0.39, 0.29) is 33.9 Å². The van der Waals surface area contributed by atoms with Crippen molar-refractivity contribution in [1.29, 1.82) is 0 Å². The first-order valence-corrected chi connectivity index (χ1v) is 15.6. The molecule has 0 aliphatic carbocycles. The molecule has 0 heterocycles. The number of ether oxygens (including phenoxy) is 4. The van der Waals surface area contributed by atoms with Gasteiger partial charge in [0.05, 0.1) is 39.4 Å². The molecule has 0 atom stereocenters. The fourth-order valence-corrected chi connectivity index (χ4v) is 4.76. The summed E-state index contributed by atoms with van der Waals surface area (Å²) in [5.41, 5.74) is 2.14. The maximum atomic E-state index is 14.8. The Morgan fingerprint density at radius 1 is 0.732 bits per heavy atom. The molecule has 13 heteroatoms. The highest BCUT2D eigenvalue weighted by molar-refractivity contribution is 7.86. The van der Waals surface area contributed by atoms with Crippen LogP contribution in [-0.2, 0) is 20.2 Å². The van der Waals surface area contributed by atoms with Gasteiger partial charge in [-0.2, -0.15) is 16.8 Å². The third kappa shape index (κ3) is 8.04. The van der Waals surface area contributed by atoms with E-state index in [0.717, 1.165) is 30.2 Å². The topological polar surface area (TPSA) is 124 Å². The van der Waals surface area contributed by atoms with E-state index in [1.807, 2.05) is 19.9 Å². The molecular weight excluding hydrogens is 579 g/mol. The molecule has 0 aromatic heterocycles. The van der Waals surface area contributed by atoms with Crippen LogP contribution in [0.4, 0.5) is 4.39 Å². The molecule has 0 aliphatic rings. The van der Waals surface area contributed by atoms with Crippen LogP contribution in [0.2, 0.25) is 0 Å². The van der Waals surface area contributed by atoms with Crippen LogP contribution in [0.25, 0.3) is 22.3 Å². The van der Waals surface area contributed by atoms with Gasteiger partial charge in [-0.3, -0.25) is 0 Å². The number of rotatable bonds is 12. The average molecular weight is 611 g/mol. The lowest BCUT2D eigenvalue weighted by molar-refractivity contribution is 0.326. The van der Waals surface area contributed by atoms with E-state index in [9.17, 15) is 21.2 Å². The van der Waals surface area contributed by atoms with Crippen molar-refractivity contribution in [1.82, 2.24) is 0 Å². The molecule has 0 N–H and O–H groups in total. The Morgan fingerprint density at radius 3 is 1.88 bits per heavy atom. The minimum absolute atomic E-state index is 0.0507. The lowest BCUT2D eigenvalue weighted by Crippen LogP contribution is -2.09. The van der Waals surface area contributed by atoms with Gasteiger partial charge < -0.3 is 27.3 Å². The van der Waals surface area contributed by atoms with E-state index in [1.165, 1.54) is 33.5 Å². The predicted octanol–water partition coefficient (Wildman–Crippen LogP) is 5.21. The summed E-state index contributed by atoms with van der Waals surface area (Å²) >= 11 is 0. The van der Waals surface area contributed by atoms with E-state index in [4.69, 9.17) is 23.1 Å². The van der Waals surface area contributed by atoms with Gasteiger partial charge in [0.1, 0.15) is 12.4 Å². The molecule has 3 rings (SSSR count). The van der Waals surface area contributed by atoms with Gasteiger partial charge in [0.25, 0.3) is 0 Å². The maximum Gasteiger partial charge on any atom is 0.306 e. The third-order valence-electron chi connectivity index (χ3n) is 5.53. The molecule has 0 saturated carbocycles. The standard InChI is InChI=1S/C28H31FO10S2/c1-17(2)12-13-37-23-11-9-19(15-24(23)34-3)26-25(35-4)16-20(27(36-5)28(26)39-41(7,32)33)18-8-10-22(21(29)14-18)38-40(6,30)31/h8-12,14-16H,13H2,1-7H3. The SMILES string of the molecule is COc1cc(-c2c(OC)cc(-c3ccc(OS(C)(=O)=O)c(F)c3)c(OC)c2OS(C)(=O)=O)ccc1OCC=C(C)C. The van der Waals surface area contributed by atoms with Gasteiger partial charge in [-0.25, -0.2) is 4.39 Å². The van der Waals surface area contributed by atoms with Crippen LogP contribution in [0.5, 0.6) is 34.5 Å².